The average molecular weight is 411 g/mol. The van der Waals surface area contributed by atoms with E-state index in [9.17, 15) is 10.1 Å². The van der Waals surface area contributed by atoms with Crippen molar-refractivity contribution in [3.05, 3.63) is 79.5 Å². The molecule has 3 rings (SSSR count). The van der Waals surface area contributed by atoms with E-state index < -0.39 is 4.92 Å². The Bertz CT molecular complexity index is 979. The minimum atomic E-state index is -0.461. The van der Waals surface area contributed by atoms with Crippen molar-refractivity contribution in [2.24, 2.45) is 5.10 Å². The molecule has 0 saturated heterocycles. The highest BCUT2D eigenvalue weighted by molar-refractivity contribution is 6.41. The van der Waals surface area contributed by atoms with Gasteiger partial charge < -0.3 is 4.42 Å². The number of hydrogen-bond acceptors (Lipinski definition) is 5. The van der Waals surface area contributed by atoms with E-state index in [0.717, 1.165) is 0 Å². The zero-order valence-corrected chi connectivity index (χ0v) is 15.2. The standard InChI is InChI=1S/C17H10Cl3N3O3/c18-10-7-13(19)17(14(20)8-10)22-21-9-11-5-6-16(26-11)12-3-1-2-4-15(12)23(24)25/h1-9,22H. The van der Waals surface area contributed by atoms with Crippen LogP contribution < -0.4 is 5.43 Å². The topological polar surface area (TPSA) is 80.7 Å². The Morgan fingerprint density at radius 1 is 1.08 bits per heavy atom. The Morgan fingerprint density at radius 2 is 1.77 bits per heavy atom. The first kappa shape index (κ1) is 18.3. The number of furan rings is 1. The molecule has 132 valence electrons. The van der Waals surface area contributed by atoms with Crippen molar-refractivity contribution in [1.82, 2.24) is 0 Å². The van der Waals surface area contributed by atoms with Gasteiger partial charge in [-0.25, -0.2) is 0 Å². The molecule has 0 aliphatic carbocycles. The van der Waals surface area contributed by atoms with Crippen LogP contribution in [0.1, 0.15) is 5.76 Å². The molecule has 26 heavy (non-hydrogen) atoms. The number of hydrogen-bond donors (Lipinski definition) is 1. The number of para-hydroxylation sites is 1. The molecule has 0 saturated carbocycles. The molecule has 1 aromatic heterocycles. The third-order valence-electron chi connectivity index (χ3n) is 3.37. The average Bonchev–Trinajstić information content (AvgIpc) is 3.06. The Labute approximate surface area is 163 Å². The SMILES string of the molecule is O=[N+]([O-])c1ccccc1-c1ccc(C=NNc2c(Cl)cc(Cl)cc2Cl)o1. The van der Waals surface area contributed by atoms with E-state index >= 15 is 0 Å². The second-order valence-electron chi connectivity index (χ2n) is 5.09. The van der Waals surface area contributed by atoms with Crippen molar-refractivity contribution in [2.75, 3.05) is 5.43 Å². The maximum absolute atomic E-state index is 11.1. The van der Waals surface area contributed by atoms with Crippen LogP contribution in [0.2, 0.25) is 15.1 Å². The molecule has 0 spiro atoms. The summed E-state index contributed by atoms with van der Waals surface area (Å²) in [5, 5.41) is 16.2. The van der Waals surface area contributed by atoms with Crippen LogP contribution in [-0.4, -0.2) is 11.1 Å². The third kappa shape index (κ3) is 3.99. The van der Waals surface area contributed by atoms with Gasteiger partial charge in [-0.05, 0) is 30.3 Å². The van der Waals surface area contributed by atoms with Gasteiger partial charge >= 0.3 is 0 Å². The van der Waals surface area contributed by atoms with Crippen LogP contribution in [0, 0.1) is 10.1 Å². The molecule has 1 heterocycles. The number of nitro benzene ring substituents is 1. The first-order valence-corrected chi connectivity index (χ1v) is 8.36. The van der Waals surface area contributed by atoms with E-state index in [4.69, 9.17) is 39.2 Å². The number of nitro groups is 1. The van der Waals surface area contributed by atoms with Crippen LogP contribution in [0.25, 0.3) is 11.3 Å². The molecule has 0 aliphatic heterocycles. The molecule has 6 nitrogen and oxygen atoms in total. The van der Waals surface area contributed by atoms with Crippen molar-refractivity contribution in [3.8, 4) is 11.3 Å². The van der Waals surface area contributed by atoms with Crippen LogP contribution in [0.4, 0.5) is 11.4 Å². The predicted molar refractivity (Wildman–Crippen MR) is 103 cm³/mol. The first-order chi connectivity index (χ1) is 12.5. The van der Waals surface area contributed by atoms with Crippen molar-refractivity contribution >= 4 is 52.4 Å². The van der Waals surface area contributed by atoms with Gasteiger partial charge in [0.1, 0.15) is 11.5 Å². The van der Waals surface area contributed by atoms with Gasteiger partial charge in [0.25, 0.3) is 5.69 Å². The molecule has 3 aromatic rings. The molecule has 9 heteroatoms. The fraction of sp³-hybridized carbons (Fsp3) is 0. The van der Waals surface area contributed by atoms with Crippen LogP contribution in [-0.2, 0) is 0 Å². The molecular formula is C17H10Cl3N3O3. The lowest BCUT2D eigenvalue weighted by molar-refractivity contribution is -0.384. The fourth-order valence-electron chi connectivity index (χ4n) is 2.22. The minimum Gasteiger partial charge on any atom is -0.455 e. The number of rotatable bonds is 5. The minimum absolute atomic E-state index is 0.0387. The Hall–Kier alpha value is -2.54. The lowest BCUT2D eigenvalue weighted by atomic mass is 10.1. The van der Waals surface area contributed by atoms with Gasteiger partial charge in [-0.2, -0.15) is 5.10 Å². The monoisotopic (exact) mass is 409 g/mol. The first-order valence-electron chi connectivity index (χ1n) is 7.23. The maximum atomic E-state index is 11.1. The molecular weight excluding hydrogens is 401 g/mol. The third-order valence-corrected chi connectivity index (χ3v) is 4.18. The molecule has 2 aromatic carbocycles. The van der Waals surface area contributed by atoms with Gasteiger partial charge in [-0.1, -0.05) is 46.9 Å². The van der Waals surface area contributed by atoms with Crippen molar-refractivity contribution in [2.45, 2.75) is 0 Å². The normalized spacial score (nSPS) is 11.0. The highest BCUT2D eigenvalue weighted by Gasteiger charge is 2.16. The fourth-order valence-corrected chi connectivity index (χ4v) is 3.12. The molecule has 0 bridgehead atoms. The molecule has 0 atom stereocenters. The smallest absolute Gasteiger partial charge is 0.280 e. The van der Waals surface area contributed by atoms with Crippen molar-refractivity contribution in [1.29, 1.82) is 0 Å². The largest absolute Gasteiger partial charge is 0.455 e. The number of halogens is 3. The Balaban J connectivity index is 1.80. The zero-order chi connectivity index (χ0) is 18.7. The van der Waals surface area contributed by atoms with Gasteiger partial charge in [-0.15, -0.1) is 0 Å². The van der Waals surface area contributed by atoms with Crippen molar-refractivity contribution < 1.29 is 9.34 Å². The van der Waals surface area contributed by atoms with E-state index in [1.807, 2.05) is 0 Å². The summed E-state index contributed by atoms with van der Waals surface area (Å²) >= 11 is 18.0. The van der Waals surface area contributed by atoms with Gasteiger partial charge in [0.05, 0.1) is 32.4 Å². The molecule has 0 aliphatic rings. The Kier molecular flexibility index (Phi) is 5.46. The summed E-state index contributed by atoms with van der Waals surface area (Å²) in [7, 11) is 0. The predicted octanol–water partition coefficient (Wildman–Crippen LogP) is 6.26. The summed E-state index contributed by atoms with van der Waals surface area (Å²) in [6.07, 6.45) is 1.40. The summed E-state index contributed by atoms with van der Waals surface area (Å²) in [6, 6.07) is 12.7. The van der Waals surface area contributed by atoms with Crippen molar-refractivity contribution in [3.63, 3.8) is 0 Å². The van der Waals surface area contributed by atoms with E-state index in [-0.39, 0.29) is 5.69 Å². The summed E-state index contributed by atoms with van der Waals surface area (Å²) in [5.74, 6) is 0.758. The number of nitrogens with zero attached hydrogens (tertiary/aromatic N) is 2. The quantitative estimate of drug-likeness (QED) is 0.306. The molecule has 0 unspecified atom stereocenters. The highest BCUT2D eigenvalue weighted by Crippen LogP contribution is 2.34. The highest BCUT2D eigenvalue weighted by atomic mass is 35.5. The Morgan fingerprint density at radius 3 is 2.46 bits per heavy atom. The molecule has 0 amide bonds. The second-order valence-corrected chi connectivity index (χ2v) is 6.34. The lowest BCUT2D eigenvalue weighted by Crippen LogP contribution is -1.92. The van der Waals surface area contributed by atoms with E-state index in [1.54, 1.807) is 30.3 Å². The number of benzene rings is 2. The van der Waals surface area contributed by atoms with Crippen LogP contribution in [0.3, 0.4) is 0 Å². The van der Waals surface area contributed by atoms with Crippen LogP contribution in [0.5, 0.6) is 0 Å². The van der Waals surface area contributed by atoms with Gasteiger partial charge in [0, 0.05) is 11.1 Å². The van der Waals surface area contributed by atoms with E-state index in [2.05, 4.69) is 10.5 Å². The summed E-state index contributed by atoms with van der Waals surface area (Å²) < 4.78 is 5.60. The summed E-state index contributed by atoms with van der Waals surface area (Å²) in [4.78, 5) is 10.7. The number of hydrazone groups is 1. The van der Waals surface area contributed by atoms with Gasteiger partial charge in [-0.3, -0.25) is 15.5 Å². The van der Waals surface area contributed by atoms with Gasteiger partial charge in [0.2, 0.25) is 0 Å². The van der Waals surface area contributed by atoms with Crippen LogP contribution in [0.15, 0.2) is 58.0 Å². The zero-order valence-electron chi connectivity index (χ0n) is 12.9. The summed E-state index contributed by atoms with van der Waals surface area (Å²) in [6.45, 7) is 0. The molecule has 1 N–H and O–H groups in total. The lowest BCUT2D eigenvalue weighted by Gasteiger charge is -2.06. The maximum Gasteiger partial charge on any atom is 0.280 e. The van der Waals surface area contributed by atoms with E-state index in [0.29, 0.717) is 37.8 Å². The molecule has 0 fully saturated rings. The number of nitrogens with one attached hydrogen (secondary N) is 1. The number of anilines is 1. The summed E-state index contributed by atoms with van der Waals surface area (Å²) in [5.41, 5.74) is 3.46. The second kappa shape index (κ2) is 7.78. The van der Waals surface area contributed by atoms with Crippen LogP contribution >= 0.6 is 34.8 Å². The van der Waals surface area contributed by atoms with E-state index in [1.165, 1.54) is 24.4 Å². The van der Waals surface area contributed by atoms with Gasteiger partial charge in [0.15, 0.2) is 0 Å². The molecule has 0 radical (unpaired) electrons.